The van der Waals surface area contributed by atoms with Crippen molar-refractivity contribution in [2.75, 3.05) is 0 Å². The molecule has 0 bridgehead atoms. The molecule has 0 heterocycles. The first kappa shape index (κ1) is 14.3. The number of carboxylic acids is 1. The molecule has 19 heavy (non-hydrogen) atoms. The second-order valence-corrected chi connectivity index (χ2v) is 5.15. The van der Waals surface area contributed by atoms with Crippen molar-refractivity contribution < 1.29 is 19.0 Å². The maximum atomic E-state index is 13.7. The van der Waals surface area contributed by atoms with Crippen LogP contribution >= 0.6 is 11.6 Å². The van der Waals surface area contributed by atoms with Crippen molar-refractivity contribution in [2.24, 2.45) is 0 Å². The highest BCUT2D eigenvalue weighted by atomic mass is 35.5. The molecule has 1 aromatic carbocycles. The van der Waals surface area contributed by atoms with Gasteiger partial charge in [0, 0.05) is 0 Å². The van der Waals surface area contributed by atoms with Crippen LogP contribution in [-0.4, -0.2) is 17.2 Å². The van der Waals surface area contributed by atoms with Gasteiger partial charge in [0.25, 0.3) is 0 Å². The highest BCUT2D eigenvalue weighted by Gasteiger charge is 2.18. The maximum Gasteiger partial charge on any atom is 0.338 e. The van der Waals surface area contributed by atoms with E-state index in [1.165, 1.54) is 18.6 Å². The predicted octanol–water partition coefficient (Wildman–Crippen LogP) is 4.03. The first-order valence-electron chi connectivity index (χ1n) is 6.41. The standard InChI is InChI=1S/C14H16ClFO3/c15-12-9(6-7-11(13(12)16)14(17)18)8-19-10-4-2-1-3-5-10/h6-7,10H,1-5,8H2,(H,17,18). The van der Waals surface area contributed by atoms with E-state index in [9.17, 15) is 9.18 Å². The average molecular weight is 287 g/mol. The average Bonchev–Trinajstić information content (AvgIpc) is 2.41. The molecule has 2 rings (SSSR count). The van der Waals surface area contributed by atoms with E-state index in [-0.39, 0.29) is 17.7 Å². The molecular weight excluding hydrogens is 271 g/mol. The molecule has 0 spiro atoms. The number of benzene rings is 1. The molecule has 0 aromatic heterocycles. The minimum Gasteiger partial charge on any atom is -0.478 e. The minimum absolute atomic E-state index is 0.157. The summed E-state index contributed by atoms with van der Waals surface area (Å²) < 4.78 is 19.4. The van der Waals surface area contributed by atoms with Gasteiger partial charge < -0.3 is 9.84 Å². The van der Waals surface area contributed by atoms with Crippen molar-refractivity contribution in [2.45, 2.75) is 44.8 Å². The molecule has 1 saturated carbocycles. The smallest absolute Gasteiger partial charge is 0.338 e. The quantitative estimate of drug-likeness (QED) is 0.909. The van der Waals surface area contributed by atoms with Crippen LogP contribution in [0.4, 0.5) is 4.39 Å². The fraction of sp³-hybridized carbons (Fsp3) is 0.500. The largest absolute Gasteiger partial charge is 0.478 e. The summed E-state index contributed by atoms with van der Waals surface area (Å²) in [5.74, 6) is -2.21. The van der Waals surface area contributed by atoms with Gasteiger partial charge in [0.05, 0.1) is 23.3 Å². The lowest BCUT2D eigenvalue weighted by molar-refractivity contribution is 0.0168. The third-order valence-corrected chi connectivity index (χ3v) is 3.83. The summed E-state index contributed by atoms with van der Waals surface area (Å²) in [7, 11) is 0. The number of carbonyl (C=O) groups is 1. The second kappa shape index (κ2) is 6.35. The summed E-state index contributed by atoms with van der Waals surface area (Å²) in [6.45, 7) is 0.223. The summed E-state index contributed by atoms with van der Waals surface area (Å²) in [5.41, 5.74) is 0.0844. The lowest BCUT2D eigenvalue weighted by atomic mass is 9.98. The maximum absolute atomic E-state index is 13.7. The van der Waals surface area contributed by atoms with Crippen LogP contribution in [0, 0.1) is 5.82 Å². The van der Waals surface area contributed by atoms with E-state index in [1.807, 2.05) is 0 Å². The van der Waals surface area contributed by atoms with E-state index in [4.69, 9.17) is 21.4 Å². The zero-order chi connectivity index (χ0) is 13.8. The van der Waals surface area contributed by atoms with Crippen LogP contribution in [0.2, 0.25) is 5.02 Å². The lowest BCUT2D eigenvalue weighted by Gasteiger charge is -2.22. The van der Waals surface area contributed by atoms with Gasteiger partial charge in [-0.3, -0.25) is 0 Å². The number of hydrogen-bond acceptors (Lipinski definition) is 2. The van der Waals surface area contributed by atoms with Gasteiger partial charge in [0.15, 0.2) is 5.82 Å². The van der Waals surface area contributed by atoms with Crippen LogP contribution < -0.4 is 0 Å². The Bertz CT molecular complexity index is 470. The molecule has 0 unspecified atom stereocenters. The molecule has 0 amide bonds. The van der Waals surface area contributed by atoms with Gasteiger partial charge in [-0.15, -0.1) is 0 Å². The molecule has 0 radical (unpaired) electrons. The van der Waals surface area contributed by atoms with E-state index in [0.717, 1.165) is 25.7 Å². The normalized spacial score (nSPS) is 16.5. The fourth-order valence-corrected chi connectivity index (χ4v) is 2.52. The van der Waals surface area contributed by atoms with Gasteiger partial charge in [-0.2, -0.15) is 0 Å². The Kier molecular flexibility index (Phi) is 4.77. The molecule has 1 aliphatic carbocycles. The Hall–Kier alpha value is -1.13. The van der Waals surface area contributed by atoms with Crippen LogP contribution in [0.3, 0.4) is 0 Å². The first-order valence-corrected chi connectivity index (χ1v) is 6.79. The minimum atomic E-state index is -1.32. The number of hydrogen-bond donors (Lipinski definition) is 1. The SMILES string of the molecule is O=C(O)c1ccc(COC2CCCCC2)c(Cl)c1F. The number of halogens is 2. The van der Waals surface area contributed by atoms with E-state index < -0.39 is 17.3 Å². The van der Waals surface area contributed by atoms with E-state index >= 15 is 0 Å². The Morgan fingerprint density at radius 3 is 2.68 bits per heavy atom. The summed E-state index contributed by atoms with van der Waals surface area (Å²) in [6.07, 6.45) is 5.80. The Labute approximate surface area is 116 Å². The fourth-order valence-electron chi connectivity index (χ4n) is 2.31. The number of aromatic carboxylic acids is 1. The van der Waals surface area contributed by atoms with Crippen LogP contribution in [-0.2, 0) is 11.3 Å². The molecule has 1 aromatic rings. The van der Waals surface area contributed by atoms with Gasteiger partial charge in [-0.1, -0.05) is 36.9 Å². The molecule has 0 atom stereocenters. The van der Waals surface area contributed by atoms with Crippen LogP contribution in [0.5, 0.6) is 0 Å². The van der Waals surface area contributed by atoms with Crippen molar-refractivity contribution in [1.82, 2.24) is 0 Å². The van der Waals surface area contributed by atoms with Gasteiger partial charge in [0.2, 0.25) is 0 Å². The van der Waals surface area contributed by atoms with Gasteiger partial charge >= 0.3 is 5.97 Å². The van der Waals surface area contributed by atoms with Gasteiger partial charge in [0.1, 0.15) is 0 Å². The summed E-state index contributed by atoms with van der Waals surface area (Å²) in [4.78, 5) is 10.8. The van der Waals surface area contributed by atoms with Gasteiger partial charge in [-0.25, -0.2) is 9.18 Å². The predicted molar refractivity (Wildman–Crippen MR) is 70.0 cm³/mol. The molecule has 0 saturated heterocycles. The van der Waals surface area contributed by atoms with Crippen LogP contribution in [0.1, 0.15) is 48.0 Å². The summed E-state index contributed by atoms with van der Waals surface area (Å²) in [6, 6.07) is 2.74. The van der Waals surface area contributed by atoms with Gasteiger partial charge in [-0.05, 0) is 24.5 Å². The first-order chi connectivity index (χ1) is 9.09. The zero-order valence-electron chi connectivity index (χ0n) is 10.5. The molecule has 0 aliphatic heterocycles. The van der Waals surface area contributed by atoms with Crippen LogP contribution in [0.15, 0.2) is 12.1 Å². The van der Waals surface area contributed by atoms with E-state index in [0.29, 0.717) is 5.56 Å². The Balaban J connectivity index is 2.04. The van der Waals surface area contributed by atoms with Crippen molar-refractivity contribution in [3.8, 4) is 0 Å². The molecule has 1 N–H and O–H groups in total. The monoisotopic (exact) mass is 286 g/mol. The molecule has 5 heteroatoms. The molecular formula is C14H16ClFO3. The third-order valence-electron chi connectivity index (χ3n) is 3.42. The molecule has 104 valence electrons. The number of rotatable bonds is 4. The van der Waals surface area contributed by atoms with Crippen molar-refractivity contribution in [3.05, 3.63) is 34.1 Å². The zero-order valence-corrected chi connectivity index (χ0v) is 11.3. The summed E-state index contributed by atoms with van der Waals surface area (Å²) >= 11 is 5.84. The molecule has 1 fully saturated rings. The Morgan fingerprint density at radius 2 is 2.05 bits per heavy atom. The number of carboxylic acid groups (broad SMARTS) is 1. The highest BCUT2D eigenvalue weighted by Crippen LogP contribution is 2.26. The molecule has 3 nitrogen and oxygen atoms in total. The van der Waals surface area contributed by atoms with Crippen LogP contribution in [0.25, 0.3) is 0 Å². The lowest BCUT2D eigenvalue weighted by Crippen LogP contribution is -2.16. The Morgan fingerprint density at radius 1 is 1.37 bits per heavy atom. The van der Waals surface area contributed by atoms with Crippen molar-refractivity contribution in [1.29, 1.82) is 0 Å². The van der Waals surface area contributed by atoms with Crippen molar-refractivity contribution in [3.63, 3.8) is 0 Å². The van der Waals surface area contributed by atoms with E-state index in [2.05, 4.69) is 0 Å². The third kappa shape index (κ3) is 3.45. The topological polar surface area (TPSA) is 46.5 Å². The second-order valence-electron chi connectivity index (χ2n) is 4.78. The highest BCUT2D eigenvalue weighted by molar-refractivity contribution is 6.31. The number of ether oxygens (including phenoxy) is 1. The molecule has 1 aliphatic rings. The van der Waals surface area contributed by atoms with Crippen molar-refractivity contribution >= 4 is 17.6 Å². The van der Waals surface area contributed by atoms with E-state index in [1.54, 1.807) is 0 Å². The summed E-state index contributed by atoms with van der Waals surface area (Å²) in [5, 5.41) is 8.63.